The van der Waals surface area contributed by atoms with Crippen molar-refractivity contribution in [3.8, 4) is 5.75 Å². The van der Waals surface area contributed by atoms with E-state index in [-0.39, 0.29) is 5.75 Å². The molecule has 3 N–H and O–H groups in total. The Bertz CT molecular complexity index is 472. The third-order valence-electron chi connectivity index (χ3n) is 2.28. The molecule has 1 heterocycles. The van der Waals surface area contributed by atoms with Crippen molar-refractivity contribution in [1.82, 2.24) is 15.2 Å². The highest BCUT2D eigenvalue weighted by Crippen LogP contribution is 2.25. The molecule has 0 radical (unpaired) electrons. The predicted molar refractivity (Wildman–Crippen MR) is 55.4 cm³/mol. The lowest BCUT2D eigenvalue weighted by Crippen LogP contribution is -2.15. The van der Waals surface area contributed by atoms with Crippen molar-refractivity contribution in [1.29, 1.82) is 0 Å². The molecule has 2 aromatic rings. The van der Waals surface area contributed by atoms with Crippen LogP contribution in [0, 0.1) is 5.82 Å². The van der Waals surface area contributed by atoms with Gasteiger partial charge in [-0.3, -0.25) is 5.10 Å². The van der Waals surface area contributed by atoms with Crippen LogP contribution < -0.4 is 10.5 Å². The first-order valence-corrected chi connectivity index (χ1v) is 4.67. The van der Waals surface area contributed by atoms with Gasteiger partial charge < -0.3 is 10.5 Å². The summed E-state index contributed by atoms with van der Waals surface area (Å²) in [5.41, 5.74) is 6.17. The van der Waals surface area contributed by atoms with Crippen molar-refractivity contribution >= 4 is 0 Å². The van der Waals surface area contributed by atoms with Crippen molar-refractivity contribution in [2.75, 3.05) is 7.11 Å². The molecule has 0 aliphatic carbocycles. The van der Waals surface area contributed by atoms with E-state index in [1.807, 2.05) is 0 Å². The standard InChI is InChI=1S/C10H11FN4O/c1-16-7-4-2-3-6(8(7)11)9(12)10-13-5-14-15-10/h2-5,9H,12H2,1H3,(H,13,14,15). The van der Waals surface area contributed by atoms with Crippen LogP contribution in [0.4, 0.5) is 4.39 Å². The number of ether oxygens (including phenoxy) is 1. The second-order valence-corrected chi connectivity index (χ2v) is 3.21. The van der Waals surface area contributed by atoms with Crippen LogP contribution in [0.2, 0.25) is 0 Å². The number of aromatic amines is 1. The minimum absolute atomic E-state index is 0.160. The summed E-state index contributed by atoms with van der Waals surface area (Å²) in [5.74, 6) is 0.0912. The lowest BCUT2D eigenvalue weighted by molar-refractivity contribution is 0.383. The van der Waals surface area contributed by atoms with Gasteiger partial charge in [0, 0.05) is 5.56 Å². The summed E-state index contributed by atoms with van der Waals surface area (Å²) in [6.45, 7) is 0. The quantitative estimate of drug-likeness (QED) is 0.812. The Kier molecular flexibility index (Phi) is 2.82. The predicted octanol–water partition coefficient (Wildman–Crippen LogP) is 1.00. The average Bonchev–Trinajstić information content (AvgIpc) is 2.82. The lowest BCUT2D eigenvalue weighted by atomic mass is 10.1. The Morgan fingerprint density at radius 3 is 2.94 bits per heavy atom. The van der Waals surface area contributed by atoms with Crippen LogP contribution in [-0.4, -0.2) is 22.3 Å². The Labute approximate surface area is 91.5 Å². The summed E-state index contributed by atoms with van der Waals surface area (Å²) in [6.07, 6.45) is 1.33. The van der Waals surface area contributed by atoms with Crippen LogP contribution in [0.3, 0.4) is 0 Å². The van der Waals surface area contributed by atoms with E-state index < -0.39 is 11.9 Å². The molecule has 5 nitrogen and oxygen atoms in total. The topological polar surface area (TPSA) is 76.8 Å². The first kappa shape index (κ1) is 10.6. The van der Waals surface area contributed by atoms with Gasteiger partial charge >= 0.3 is 0 Å². The number of rotatable bonds is 3. The molecule has 0 bridgehead atoms. The summed E-state index contributed by atoms with van der Waals surface area (Å²) in [7, 11) is 1.40. The number of H-pyrrole nitrogens is 1. The SMILES string of the molecule is COc1cccc(C(N)c2ncn[nH]2)c1F. The van der Waals surface area contributed by atoms with Crippen molar-refractivity contribution in [2.45, 2.75) is 6.04 Å². The summed E-state index contributed by atoms with van der Waals surface area (Å²) in [4.78, 5) is 3.89. The van der Waals surface area contributed by atoms with Crippen molar-refractivity contribution < 1.29 is 9.13 Å². The molecule has 1 atom stereocenters. The number of nitrogens with two attached hydrogens (primary N) is 1. The fourth-order valence-corrected chi connectivity index (χ4v) is 1.44. The van der Waals surface area contributed by atoms with Crippen molar-refractivity contribution in [3.05, 3.63) is 41.7 Å². The van der Waals surface area contributed by atoms with Gasteiger partial charge in [-0.25, -0.2) is 9.37 Å². The normalized spacial score (nSPS) is 12.4. The van der Waals surface area contributed by atoms with E-state index in [1.165, 1.54) is 19.5 Å². The molecule has 1 unspecified atom stereocenters. The van der Waals surface area contributed by atoms with E-state index in [2.05, 4.69) is 15.2 Å². The van der Waals surface area contributed by atoms with Gasteiger partial charge in [-0.2, -0.15) is 5.10 Å². The number of hydrogen-bond donors (Lipinski definition) is 2. The molecular formula is C10H11FN4O. The smallest absolute Gasteiger partial charge is 0.170 e. The highest BCUT2D eigenvalue weighted by molar-refractivity contribution is 5.35. The molecule has 84 valence electrons. The van der Waals surface area contributed by atoms with Crippen LogP contribution in [0.5, 0.6) is 5.75 Å². The summed E-state index contributed by atoms with van der Waals surface area (Å²) >= 11 is 0. The summed E-state index contributed by atoms with van der Waals surface area (Å²) < 4.78 is 18.7. The number of benzene rings is 1. The van der Waals surface area contributed by atoms with Gasteiger partial charge in [0.15, 0.2) is 11.6 Å². The van der Waals surface area contributed by atoms with Crippen LogP contribution in [0.15, 0.2) is 24.5 Å². The first-order chi connectivity index (χ1) is 7.74. The van der Waals surface area contributed by atoms with Gasteiger partial charge in [0.2, 0.25) is 0 Å². The zero-order valence-electron chi connectivity index (χ0n) is 8.64. The maximum Gasteiger partial charge on any atom is 0.170 e. The fraction of sp³-hybridized carbons (Fsp3) is 0.200. The Balaban J connectivity index is 2.41. The molecule has 2 rings (SSSR count). The molecule has 6 heteroatoms. The zero-order valence-corrected chi connectivity index (χ0v) is 8.64. The number of nitrogens with one attached hydrogen (secondary N) is 1. The fourth-order valence-electron chi connectivity index (χ4n) is 1.44. The van der Waals surface area contributed by atoms with Gasteiger partial charge in [-0.05, 0) is 6.07 Å². The summed E-state index contributed by atoms with van der Waals surface area (Å²) in [6, 6.07) is 4.11. The molecule has 1 aromatic heterocycles. The molecule has 0 fully saturated rings. The van der Waals surface area contributed by atoms with Crippen LogP contribution >= 0.6 is 0 Å². The maximum atomic E-state index is 13.8. The average molecular weight is 222 g/mol. The van der Waals surface area contributed by atoms with E-state index >= 15 is 0 Å². The summed E-state index contributed by atoms with van der Waals surface area (Å²) in [5, 5.41) is 6.28. The van der Waals surface area contributed by atoms with Gasteiger partial charge in [0.25, 0.3) is 0 Å². The van der Waals surface area contributed by atoms with Crippen LogP contribution in [-0.2, 0) is 0 Å². The zero-order chi connectivity index (χ0) is 11.5. The Morgan fingerprint density at radius 1 is 1.50 bits per heavy atom. The van der Waals surface area contributed by atoms with E-state index in [9.17, 15) is 4.39 Å². The van der Waals surface area contributed by atoms with E-state index in [1.54, 1.807) is 12.1 Å². The molecule has 16 heavy (non-hydrogen) atoms. The molecule has 0 spiro atoms. The maximum absolute atomic E-state index is 13.8. The van der Waals surface area contributed by atoms with Crippen molar-refractivity contribution in [2.24, 2.45) is 5.73 Å². The third-order valence-corrected chi connectivity index (χ3v) is 2.28. The van der Waals surface area contributed by atoms with Gasteiger partial charge in [0.05, 0.1) is 13.2 Å². The van der Waals surface area contributed by atoms with Gasteiger partial charge in [0.1, 0.15) is 12.2 Å². The van der Waals surface area contributed by atoms with Crippen LogP contribution in [0.1, 0.15) is 17.4 Å². The second-order valence-electron chi connectivity index (χ2n) is 3.21. The number of methoxy groups -OCH3 is 1. The molecule has 0 amide bonds. The van der Waals surface area contributed by atoms with Gasteiger partial charge in [-0.15, -0.1) is 0 Å². The Hall–Kier alpha value is -1.95. The second kappa shape index (κ2) is 4.28. The first-order valence-electron chi connectivity index (χ1n) is 4.67. The number of halogens is 1. The molecule has 0 aliphatic rings. The number of nitrogens with zero attached hydrogens (tertiary/aromatic N) is 2. The van der Waals surface area contributed by atoms with Crippen molar-refractivity contribution in [3.63, 3.8) is 0 Å². The third kappa shape index (κ3) is 1.74. The van der Waals surface area contributed by atoms with E-state index in [0.717, 1.165) is 0 Å². The molecule has 0 aliphatic heterocycles. The van der Waals surface area contributed by atoms with E-state index in [0.29, 0.717) is 11.4 Å². The molecule has 1 aromatic carbocycles. The highest BCUT2D eigenvalue weighted by atomic mass is 19.1. The highest BCUT2D eigenvalue weighted by Gasteiger charge is 2.18. The minimum atomic E-state index is -0.683. The van der Waals surface area contributed by atoms with Crippen LogP contribution in [0.25, 0.3) is 0 Å². The molecule has 0 saturated heterocycles. The molecule has 0 saturated carbocycles. The largest absolute Gasteiger partial charge is 0.494 e. The van der Waals surface area contributed by atoms with E-state index in [4.69, 9.17) is 10.5 Å². The number of aromatic nitrogens is 3. The lowest BCUT2D eigenvalue weighted by Gasteiger charge is -2.11. The minimum Gasteiger partial charge on any atom is -0.494 e. The number of hydrogen-bond acceptors (Lipinski definition) is 4. The Morgan fingerprint density at radius 2 is 2.31 bits per heavy atom. The van der Waals surface area contributed by atoms with Gasteiger partial charge in [-0.1, -0.05) is 12.1 Å². The molecular weight excluding hydrogens is 211 g/mol. The monoisotopic (exact) mass is 222 g/mol.